The zero-order valence-corrected chi connectivity index (χ0v) is 14.6. The predicted molar refractivity (Wildman–Crippen MR) is 91.9 cm³/mol. The summed E-state index contributed by atoms with van der Waals surface area (Å²) >= 11 is 1.95. The van der Waals surface area contributed by atoms with Gasteiger partial charge in [0.25, 0.3) is 0 Å². The average molecular weight is 307 g/mol. The Kier molecular flexibility index (Phi) is 5.03. The van der Waals surface area contributed by atoms with Crippen molar-refractivity contribution in [1.29, 1.82) is 0 Å². The summed E-state index contributed by atoms with van der Waals surface area (Å²) in [5, 5.41) is 2.24. The fourth-order valence-electron chi connectivity index (χ4n) is 4.24. The van der Waals surface area contributed by atoms with Gasteiger partial charge in [-0.15, -0.1) is 11.3 Å². The number of fused-ring (bicyclic) bond motifs is 1. The summed E-state index contributed by atoms with van der Waals surface area (Å²) in [6.45, 7) is 11.0. The molecule has 2 aliphatic heterocycles. The summed E-state index contributed by atoms with van der Waals surface area (Å²) in [5.41, 5.74) is 0. The predicted octanol–water partition coefficient (Wildman–Crippen LogP) is 4.39. The number of hydrogen-bond acceptors (Lipinski definition) is 3. The number of hydrogen-bond donors (Lipinski definition) is 0. The molecule has 3 rings (SSSR count). The van der Waals surface area contributed by atoms with E-state index in [4.69, 9.17) is 0 Å². The minimum absolute atomic E-state index is 0.644. The number of nitrogens with zero attached hydrogens (tertiary/aromatic N) is 2. The zero-order chi connectivity index (χ0) is 14.8. The molecular weight excluding hydrogens is 276 g/mol. The van der Waals surface area contributed by atoms with E-state index in [0.29, 0.717) is 6.04 Å². The van der Waals surface area contributed by atoms with E-state index in [-0.39, 0.29) is 0 Å². The minimum Gasteiger partial charge on any atom is -0.298 e. The molecule has 2 nitrogen and oxygen atoms in total. The van der Waals surface area contributed by atoms with E-state index < -0.39 is 0 Å². The van der Waals surface area contributed by atoms with Crippen LogP contribution in [-0.2, 0) is 0 Å². The molecule has 0 aromatic carbocycles. The van der Waals surface area contributed by atoms with Crippen molar-refractivity contribution in [3.05, 3.63) is 22.4 Å². The van der Waals surface area contributed by atoms with Crippen molar-refractivity contribution in [3.8, 4) is 0 Å². The Balaban J connectivity index is 1.84. The van der Waals surface area contributed by atoms with E-state index in [9.17, 15) is 0 Å². The average Bonchev–Trinajstić information content (AvgIpc) is 3.14. The Morgan fingerprint density at radius 3 is 2.86 bits per heavy atom. The molecule has 2 aliphatic rings. The highest BCUT2D eigenvalue weighted by molar-refractivity contribution is 7.10. The molecule has 3 heterocycles. The van der Waals surface area contributed by atoms with Gasteiger partial charge in [0.1, 0.15) is 0 Å². The van der Waals surface area contributed by atoms with Crippen LogP contribution in [0.5, 0.6) is 0 Å². The monoisotopic (exact) mass is 306 g/mol. The number of rotatable bonds is 5. The molecule has 0 spiro atoms. The van der Waals surface area contributed by atoms with Crippen LogP contribution in [0, 0.1) is 5.92 Å². The Hall–Kier alpha value is -0.380. The van der Waals surface area contributed by atoms with Crippen LogP contribution < -0.4 is 0 Å². The van der Waals surface area contributed by atoms with Gasteiger partial charge in [-0.2, -0.15) is 0 Å². The second-order valence-corrected chi connectivity index (χ2v) is 8.10. The van der Waals surface area contributed by atoms with Gasteiger partial charge < -0.3 is 0 Å². The largest absolute Gasteiger partial charge is 0.298 e. The molecule has 0 amide bonds. The lowest BCUT2D eigenvalue weighted by atomic mass is 9.93. The molecule has 21 heavy (non-hydrogen) atoms. The lowest BCUT2D eigenvalue weighted by Gasteiger charge is -2.48. The summed E-state index contributed by atoms with van der Waals surface area (Å²) in [6, 6.07) is 6.75. The first-order chi connectivity index (χ1) is 10.2. The normalized spacial score (nSPS) is 29.0. The molecule has 0 aliphatic carbocycles. The maximum absolute atomic E-state index is 2.87. The van der Waals surface area contributed by atoms with Crippen molar-refractivity contribution < 1.29 is 0 Å². The minimum atomic E-state index is 0.644. The second-order valence-electron chi connectivity index (χ2n) is 7.12. The van der Waals surface area contributed by atoms with E-state index in [2.05, 4.69) is 48.1 Å². The van der Waals surface area contributed by atoms with Crippen LogP contribution >= 0.6 is 11.3 Å². The topological polar surface area (TPSA) is 6.48 Å². The Labute approximate surface area is 134 Å². The van der Waals surface area contributed by atoms with Gasteiger partial charge in [0.05, 0.1) is 0 Å². The zero-order valence-electron chi connectivity index (χ0n) is 13.8. The second kappa shape index (κ2) is 6.80. The molecule has 2 saturated heterocycles. The van der Waals surface area contributed by atoms with Gasteiger partial charge in [-0.05, 0) is 43.2 Å². The SMILES string of the molecule is CCCC(c1cccs1)N1CC2CCCN2CC1C(C)C. The quantitative estimate of drug-likeness (QED) is 0.796. The molecule has 0 N–H and O–H groups in total. The summed E-state index contributed by atoms with van der Waals surface area (Å²) in [6.07, 6.45) is 5.39. The van der Waals surface area contributed by atoms with Gasteiger partial charge in [-0.3, -0.25) is 9.80 Å². The fourth-order valence-corrected chi connectivity index (χ4v) is 5.13. The molecule has 3 unspecified atom stereocenters. The van der Waals surface area contributed by atoms with Gasteiger partial charge in [-0.1, -0.05) is 33.3 Å². The molecule has 1 aromatic heterocycles. The smallest absolute Gasteiger partial charge is 0.0445 e. The first-order valence-corrected chi connectivity index (χ1v) is 9.61. The van der Waals surface area contributed by atoms with Crippen molar-refractivity contribution in [2.75, 3.05) is 19.6 Å². The highest BCUT2D eigenvalue weighted by Gasteiger charge is 2.40. The van der Waals surface area contributed by atoms with Crippen molar-refractivity contribution >= 4 is 11.3 Å². The number of piperazine rings is 1. The van der Waals surface area contributed by atoms with E-state index in [1.807, 2.05) is 11.3 Å². The Morgan fingerprint density at radius 2 is 2.19 bits per heavy atom. The Bertz CT molecular complexity index is 428. The molecule has 0 bridgehead atoms. The third kappa shape index (κ3) is 3.20. The van der Waals surface area contributed by atoms with Crippen molar-refractivity contribution in [3.63, 3.8) is 0 Å². The first kappa shape index (κ1) is 15.5. The molecule has 0 radical (unpaired) electrons. The lowest BCUT2D eigenvalue weighted by Crippen LogP contribution is -2.58. The first-order valence-electron chi connectivity index (χ1n) is 8.74. The lowest BCUT2D eigenvalue weighted by molar-refractivity contribution is -0.00250. The van der Waals surface area contributed by atoms with Gasteiger partial charge in [0.15, 0.2) is 0 Å². The van der Waals surface area contributed by atoms with Crippen molar-refractivity contribution in [2.24, 2.45) is 5.92 Å². The van der Waals surface area contributed by atoms with Crippen LogP contribution in [0.15, 0.2) is 17.5 Å². The van der Waals surface area contributed by atoms with E-state index >= 15 is 0 Å². The summed E-state index contributed by atoms with van der Waals surface area (Å²) in [5.74, 6) is 0.742. The molecule has 118 valence electrons. The molecule has 0 saturated carbocycles. The third-order valence-corrected chi connectivity index (χ3v) is 6.35. The maximum Gasteiger partial charge on any atom is 0.0445 e. The van der Waals surface area contributed by atoms with E-state index in [1.165, 1.54) is 45.3 Å². The van der Waals surface area contributed by atoms with E-state index in [1.54, 1.807) is 4.88 Å². The van der Waals surface area contributed by atoms with Crippen molar-refractivity contribution in [1.82, 2.24) is 9.80 Å². The fraction of sp³-hybridized carbons (Fsp3) is 0.778. The van der Waals surface area contributed by atoms with Crippen molar-refractivity contribution in [2.45, 2.75) is 64.6 Å². The molecule has 3 atom stereocenters. The highest BCUT2D eigenvalue weighted by atomic mass is 32.1. The molecule has 1 aromatic rings. The van der Waals surface area contributed by atoms with Crippen LogP contribution in [0.25, 0.3) is 0 Å². The van der Waals surface area contributed by atoms with Crippen LogP contribution in [0.3, 0.4) is 0 Å². The summed E-state index contributed by atoms with van der Waals surface area (Å²) < 4.78 is 0. The maximum atomic E-state index is 2.87. The van der Waals surface area contributed by atoms with Gasteiger partial charge in [-0.25, -0.2) is 0 Å². The van der Waals surface area contributed by atoms with Crippen LogP contribution in [0.2, 0.25) is 0 Å². The summed E-state index contributed by atoms with van der Waals surface area (Å²) in [4.78, 5) is 7.21. The van der Waals surface area contributed by atoms with Crippen LogP contribution in [-0.4, -0.2) is 41.5 Å². The molecular formula is C18H30N2S. The standard InChI is InChI=1S/C18H30N2S/c1-4-7-16(18-9-6-11-21-18)20-12-15-8-5-10-19(15)13-17(20)14(2)3/h6,9,11,14-17H,4-5,7-8,10,12-13H2,1-3H3. The summed E-state index contributed by atoms with van der Waals surface area (Å²) in [7, 11) is 0. The molecule has 2 fully saturated rings. The highest BCUT2D eigenvalue weighted by Crippen LogP contribution is 2.37. The van der Waals surface area contributed by atoms with Gasteiger partial charge >= 0.3 is 0 Å². The van der Waals surface area contributed by atoms with Crippen LogP contribution in [0.1, 0.15) is 57.4 Å². The Morgan fingerprint density at radius 1 is 1.33 bits per heavy atom. The van der Waals surface area contributed by atoms with E-state index in [0.717, 1.165) is 18.0 Å². The van der Waals surface area contributed by atoms with Gasteiger partial charge in [0, 0.05) is 36.1 Å². The number of thiophene rings is 1. The van der Waals surface area contributed by atoms with Gasteiger partial charge in [0.2, 0.25) is 0 Å². The third-order valence-electron chi connectivity index (χ3n) is 5.37. The van der Waals surface area contributed by atoms with Crippen LogP contribution in [0.4, 0.5) is 0 Å². The molecule has 3 heteroatoms.